The average molecular weight is 312 g/mol. The van der Waals surface area contributed by atoms with Gasteiger partial charge < -0.3 is 14.2 Å². The highest BCUT2D eigenvalue weighted by Gasteiger charge is 2.31. The number of para-hydroxylation sites is 1. The number of ether oxygens (including phenoxy) is 3. The molecule has 1 aromatic heterocycles. The molecule has 0 spiro atoms. The molecule has 5 heteroatoms. The minimum Gasteiger partial charge on any atom is -0.467 e. The molecule has 23 heavy (non-hydrogen) atoms. The predicted octanol–water partition coefficient (Wildman–Crippen LogP) is 3.89. The number of nitrogens with zero attached hydrogens (tertiary/aromatic N) is 2. The summed E-state index contributed by atoms with van der Waals surface area (Å²) in [7, 11) is 1.57. The first-order valence-corrected chi connectivity index (χ1v) is 8.17. The van der Waals surface area contributed by atoms with Crippen LogP contribution in [0.5, 0.6) is 11.8 Å². The zero-order valence-electron chi connectivity index (χ0n) is 13.2. The van der Waals surface area contributed by atoms with Gasteiger partial charge in [-0.05, 0) is 25.0 Å². The fraction of sp³-hybridized carbons (Fsp3) is 0.444. The van der Waals surface area contributed by atoms with E-state index in [2.05, 4.69) is 9.97 Å². The van der Waals surface area contributed by atoms with E-state index in [1.165, 1.54) is 19.3 Å². The van der Waals surface area contributed by atoms with Crippen molar-refractivity contribution >= 4 is 0 Å². The quantitative estimate of drug-likeness (QED) is 0.860. The number of fused-ring (bicyclic) bond motifs is 3. The Hall–Kier alpha value is -2.14. The maximum Gasteiger partial charge on any atom is 0.316 e. The van der Waals surface area contributed by atoms with Gasteiger partial charge in [0.05, 0.1) is 24.5 Å². The molecule has 1 saturated carbocycles. The molecule has 1 aromatic carbocycles. The van der Waals surface area contributed by atoms with Crippen LogP contribution < -0.4 is 9.47 Å². The Bertz CT molecular complexity index is 698. The third-order valence-corrected chi connectivity index (χ3v) is 4.48. The first kappa shape index (κ1) is 14.5. The standard InChI is InChI=1S/C18H20N2O3/c1-21-18-19-11-14-16(20-18)13-9-5-6-10-15(13)23-17(14)22-12-7-3-2-4-8-12/h5-6,9-12,17H,2-4,7-8H2,1H3. The third-order valence-electron chi connectivity index (χ3n) is 4.48. The topological polar surface area (TPSA) is 53.5 Å². The summed E-state index contributed by atoms with van der Waals surface area (Å²) >= 11 is 0. The lowest BCUT2D eigenvalue weighted by atomic mass is 9.97. The summed E-state index contributed by atoms with van der Waals surface area (Å²) in [5.41, 5.74) is 2.65. The molecule has 1 unspecified atom stereocenters. The summed E-state index contributed by atoms with van der Waals surface area (Å²) in [6.45, 7) is 0. The van der Waals surface area contributed by atoms with Gasteiger partial charge in [-0.1, -0.05) is 31.4 Å². The minimum absolute atomic E-state index is 0.244. The molecule has 120 valence electrons. The smallest absolute Gasteiger partial charge is 0.316 e. The van der Waals surface area contributed by atoms with Gasteiger partial charge in [0.25, 0.3) is 0 Å². The van der Waals surface area contributed by atoms with Crippen LogP contribution in [0.2, 0.25) is 0 Å². The highest BCUT2D eigenvalue weighted by molar-refractivity contribution is 5.72. The Morgan fingerprint density at radius 1 is 1.13 bits per heavy atom. The molecular weight excluding hydrogens is 292 g/mol. The summed E-state index contributed by atoms with van der Waals surface area (Å²) in [6.07, 6.45) is 7.47. The molecular formula is C18H20N2O3. The second-order valence-corrected chi connectivity index (χ2v) is 6.00. The second-order valence-electron chi connectivity index (χ2n) is 6.00. The number of hydrogen-bond donors (Lipinski definition) is 0. The number of hydrogen-bond acceptors (Lipinski definition) is 5. The molecule has 0 amide bonds. The first-order valence-electron chi connectivity index (χ1n) is 8.17. The molecule has 1 aliphatic carbocycles. The van der Waals surface area contributed by atoms with Gasteiger partial charge in [0.2, 0.25) is 6.29 Å². The van der Waals surface area contributed by atoms with Crippen molar-refractivity contribution in [3.63, 3.8) is 0 Å². The molecule has 1 aliphatic heterocycles. The summed E-state index contributed by atoms with van der Waals surface area (Å²) in [6, 6.07) is 8.24. The van der Waals surface area contributed by atoms with E-state index >= 15 is 0 Å². The van der Waals surface area contributed by atoms with Crippen LogP contribution >= 0.6 is 0 Å². The Morgan fingerprint density at radius 3 is 2.78 bits per heavy atom. The van der Waals surface area contributed by atoms with E-state index < -0.39 is 6.29 Å². The van der Waals surface area contributed by atoms with Crippen molar-refractivity contribution < 1.29 is 14.2 Å². The maximum absolute atomic E-state index is 6.25. The van der Waals surface area contributed by atoms with Gasteiger partial charge >= 0.3 is 6.01 Å². The third kappa shape index (κ3) is 2.77. The largest absolute Gasteiger partial charge is 0.467 e. The Labute approximate surface area is 135 Å². The highest BCUT2D eigenvalue weighted by Crippen LogP contribution is 2.42. The molecule has 1 fully saturated rings. The monoisotopic (exact) mass is 312 g/mol. The van der Waals surface area contributed by atoms with Gasteiger partial charge in [-0.2, -0.15) is 4.98 Å². The summed E-state index contributed by atoms with van der Waals surface area (Å²) in [4.78, 5) is 8.76. The van der Waals surface area contributed by atoms with Crippen LogP contribution in [0.3, 0.4) is 0 Å². The Morgan fingerprint density at radius 2 is 1.96 bits per heavy atom. The van der Waals surface area contributed by atoms with Crippen LogP contribution in [0.15, 0.2) is 30.5 Å². The molecule has 2 aromatic rings. The van der Waals surface area contributed by atoms with Crippen molar-refractivity contribution in [3.8, 4) is 23.0 Å². The molecule has 2 heterocycles. The summed E-state index contributed by atoms with van der Waals surface area (Å²) in [5, 5.41) is 0. The van der Waals surface area contributed by atoms with Crippen molar-refractivity contribution in [1.29, 1.82) is 0 Å². The van der Waals surface area contributed by atoms with E-state index in [0.717, 1.165) is 35.4 Å². The molecule has 0 bridgehead atoms. The van der Waals surface area contributed by atoms with Crippen LogP contribution in [0.1, 0.15) is 44.0 Å². The lowest BCUT2D eigenvalue weighted by Crippen LogP contribution is -2.25. The van der Waals surface area contributed by atoms with Crippen molar-refractivity contribution in [2.75, 3.05) is 7.11 Å². The summed E-state index contributed by atoms with van der Waals surface area (Å²) in [5.74, 6) is 0.793. The Balaban J connectivity index is 1.70. The average Bonchev–Trinajstić information content (AvgIpc) is 2.62. The Kier molecular flexibility index (Phi) is 3.87. The number of rotatable bonds is 3. The van der Waals surface area contributed by atoms with E-state index in [1.54, 1.807) is 13.3 Å². The van der Waals surface area contributed by atoms with Gasteiger partial charge in [-0.25, -0.2) is 4.98 Å². The van der Waals surface area contributed by atoms with Crippen LogP contribution in [-0.4, -0.2) is 23.2 Å². The second kappa shape index (κ2) is 6.16. The van der Waals surface area contributed by atoms with Crippen molar-refractivity contribution in [1.82, 2.24) is 9.97 Å². The first-order chi connectivity index (χ1) is 11.3. The lowest BCUT2D eigenvalue weighted by Gasteiger charge is -2.32. The molecule has 0 N–H and O–H groups in total. The van der Waals surface area contributed by atoms with E-state index in [4.69, 9.17) is 14.2 Å². The van der Waals surface area contributed by atoms with Crippen molar-refractivity contribution in [2.45, 2.75) is 44.5 Å². The van der Waals surface area contributed by atoms with E-state index in [-0.39, 0.29) is 6.10 Å². The fourth-order valence-corrected chi connectivity index (χ4v) is 3.28. The molecule has 0 radical (unpaired) electrons. The van der Waals surface area contributed by atoms with Gasteiger partial charge in [-0.3, -0.25) is 0 Å². The SMILES string of the molecule is COc1ncc2c(n1)-c1ccccc1OC2OC1CCCCC1. The molecule has 0 saturated heterocycles. The normalized spacial score (nSPS) is 20.3. The zero-order valence-corrected chi connectivity index (χ0v) is 13.2. The van der Waals surface area contributed by atoms with Gasteiger partial charge in [0.15, 0.2) is 0 Å². The number of aromatic nitrogens is 2. The van der Waals surface area contributed by atoms with E-state index in [1.807, 2.05) is 24.3 Å². The predicted molar refractivity (Wildman–Crippen MR) is 85.3 cm³/mol. The van der Waals surface area contributed by atoms with Crippen molar-refractivity contribution in [3.05, 3.63) is 36.0 Å². The highest BCUT2D eigenvalue weighted by atomic mass is 16.7. The zero-order chi connectivity index (χ0) is 15.6. The van der Waals surface area contributed by atoms with Crippen molar-refractivity contribution in [2.24, 2.45) is 0 Å². The maximum atomic E-state index is 6.25. The molecule has 1 atom stereocenters. The van der Waals surface area contributed by atoms with Crippen LogP contribution in [0.25, 0.3) is 11.3 Å². The fourth-order valence-electron chi connectivity index (χ4n) is 3.28. The molecule has 4 rings (SSSR count). The molecule has 5 nitrogen and oxygen atoms in total. The summed E-state index contributed by atoms with van der Waals surface area (Å²) < 4.78 is 17.5. The van der Waals surface area contributed by atoms with Gasteiger partial charge in [0, 0.05) is 11.8 Å². The number of methoxy groups -OCH3 is 1. The minimum atomic E-state index is -0.450. The molecule has 2 aliphatic rings. The van der Waals surface area contributed by atoms with E-state index in [0.29, 0.717) is 6.01 Å². The van der Waals surface area contributed by atoms with Gasteiger partial charge in [0.1, 0.15) is 5.75 Å². The van der Waals surface area contributed by atoms with Gasteiger partial charge in [-0.15, -0.1) is 0 Å². The van der Waals surface area contributed by atoms with E-state index in [9.17, 15) is 0 Å². The van der Waals surface area contributed by atoms with Crippen LogP contribution in [0, 0.1) is 0 Å². The number of benzene rings is 1. The van der Waals surface area contributed by atoms with Crippen LogP contribution in [-0.2, 0) is 4.74 Å². The lowest BCUT2D eigenvalue weighted by molar-refractivity contribution is -0.133. The van der Waals surface area contributed by atoms with Crippen LogP contribution in [0.4, 0.5) is 0 Å².